The van der Waals surface area contributed by atoms with E-state index < -0.39 is 5.60 Å². The number of hydrogen-bond acceptors (Lipinski definition) is 3. The molecule has 1 aromatic heterocycles. The Hall–Kier alpha value is -0.870. The van der Waals surface area contributed by atoms with Gasteiger partial charge in [0.05, 0.1) is 10.5 Å². The fraction of sp³-hybridized carbons (Fsp3) is 0.615. The topological polar surface area (TPSA) is 49.3 Å². The number of thiophene rings is 1. The first-order valence-electron chi connectivity index (χ1n) is 5.93. The average molecular weight is 255 g/mol. The van der Waals surface area contributed by atoms with Gasteiger partial charge in [-0.05, 0) is 38.8 Å². The van der Waals surface area contributed by atoms with Crippen molar-refractivity contribution in [1.29, 1.82) is 0 Å². The maximum Gasteiger partial charge on any atom is 0.261 e. The molecule has 1 aromatic rings. The van der Waals surface area contributed by atoms with Gasteiger partial charge in [0, 0.05) is 11.4 Å². The van der Waals surface area contributed by atoms with Crippen LogP contribution in [0.15, 0.2) is 6.07 Å². The standard InChI is InChI=1S/C13H21NO2S/c1-5-6-10-7-11(17-9(10)2)12(15)14-8-13(3,4)16/h7,16H,5-6,8H2,1-4H3,(H,14,15). The number of amides is 1. The van der Waals surface area contributed by atoms with E-state index in [0.717, 1.165) is 17.7 Å². The van der Waals surface area contributed by atoms with Crippen molar-refractivity contribution in [3.8, 4) is 0 Å². The molecule has 1 amide bonds. The monoisotopic (exact) mass is 255 g/mol. The molecule has 0 saturated heterocycles. The number of hydrogen-bond donors (Lipinski definition) is 2. The molecule has 0 saturated carbocycles. The highest BCUT2D eigenvalue weighted by atomic mass is 32.1. The number of aryl methyl sites for hydroxylation is 2. The Morgan fingerprint density at radius 3 is 2.71 bits per heavy atom. The molecule has 2 N–H and O–H groups in total. The highest BCUT2D eigenvalue weighted by Crippen LogP contribution is 2.22. The molecule has 0 radical (unpaired) electrons. The van der Waals surface area contributed by atoms with Crippen LogP contribution in [-0.4, -0.2) is 23.2 Å². The fourth-order valence-electron chi connectivity index (χ4n) is 1.53. The van der Waals surface area contributed by atoms with E-state index in [-0.39, 0.29) is 12.5 Å². The minimum absolute atomic E-state index is 0.0948. The molecular formula is C13H21NO2S. The van der Waals surface area contributed by atoms with E-state index in [0.29, 0.717) is 0 Å². The summed E-state index contributed by atoms with van der Waals surface area (Å²) in [6, 6.07) is 1.96. The van der Waals surface area contributed by atoms with Crippen molar-refractivity contribution in [2.75, 3.05) is 6.54 Å². The molecule has 3 nitrogen and oxygen atoms in total. The van der Waals surface area contributed by atoms with Gasteiger partial charge < -0.3 is 10.4 Å². The largest absolute Gasteiger partial charge is 0.389 e. The number of carbonyl (C=O) groups is 1. The van der Waals surface area contributed by atoms with Crippen molar-refractivity contribution >= 4 is 17.2 Å². The van der Waals surface area contributed by atoms with Gasteiger partial charge in [-0.3, -0.25) is 4.79 Å². The summed E-state index contributed by atoms with van der Waals surface area (Å²) in [5, 5.41) is 12.3. The van der Waals surface area contributed by atoms with Gasteiger partial charge in [-0.1, -0.05) is 13.3 Å². The number of nitrogens with one attached hydrogen (secondary N) is 1. The van der Waals surface area contributed by atoms with Crippen LogP contribution in [0.25, 0.3) is 0 Å². The molecule has 0 aromatic carbocycles. The average Bonchev–Trinajstić information content (AvgIpc) is 2.57. The molecule has 0 fully saturated rings. The van der Waals surface area contributed by atoms with E-state index in [9.17, 15) is 9.90 Å². The molecule has 96 valence electrons. The van der Waals surface area contributed by atoms with Crippen LogP contribution >= 0.6 is 11.3 Å². The molecule has 4 heteroatoms. The van der Waals surface area contributed by atoms with Gasteiger partial charge in [0.2, 0.25) is 0 Å². The van der Waals surface area contributed by atoms with Crippen LogP contribution in [0.3, 0.4) is 0 Å². The van der Waals surface area contributed by atoms with Crippen molar-refractivity contribution in [2.24, 2.45) is 0 Å². The lowest BCUT2D eigenvalue weighted by molar-refractivity contribution is 0.0696. The van der Waals surface area contributed by atoms with E-state index in [1.165, 1.54) is 21.8 Å². The zero-order valence-corrected chi connectivity index (χ0v) is 11.8. The third kappa shape index (κ3) is 4.48. The van der Waals surface area contributed by atoms with E-state index in [1.54, 1.807) is 13.8 Å². The van der Waals surface area contributed by atoms with Crippen LogP contribution < -0.4 is 5.32 Å². The lowest BCUT2D eigenvalue weighted by atomic mass is 10.1. The third-order valence-electron chi connectivity index (χ3n) is 2.45. The van der Waals surface area contributed by atoms with Crippen LogP contribution in [0, 0.1) is 6.92 Å². The van der Waals surface area contributed by atoms with Crippen molar-refractivity contribution in [3.63, 3.8) is 0 Å². The number of aliphatic hydroxyl groups is 1. The maximum atomic E-state index is 11.8. The highest BCUT2D eigenvalue weighted by molar-refractivity contribution is 7.14. The fourth-order valence-corrected chi connectivity index (χ4v) is 2.52. The quantitative estimate of drug-likeness (QED) is 0.849. The molecule has 0 aliphatic carbocycles. The summed E-state index contributed by atoms with van der Waals surface area (Å²) >= 11 is 1.52. The first-order valence-corrected chi connectivity index (χ1v) is 6.75. The summed E-state index contributed by atoms with van der Waals surface area (Å²) in [5.41, 5.74) is 0.389. The second-order valence-corrected chi connectivity index (χ2v) is 6.19. The van der Waals surface area contributed by atoms with Gasteiger partial charge in [0.1, 0.15) is 0 Å². The Morgan fingerprint density at radius 1 is 1.53 bits per heavy atom. The summed E-state index contributed by atoms with van der Waals surface area (Å²) in [6.45, 7) is 7.80. The Bertz CT molecular complexity index is 391. The second kappa shape index (κ2) is 5.65. The Kier molecular flexibility index (Phi) is 4.71. The lowest BCUT2D eigenvalue weighted by Crippen LogP contribution is -2.37. The molecule has 1 rings (SSSR count). The summed E-state index contributed by atoms with van der Waals surface area (Å²) < 4.78 is 0. The molecule has 0 aliphatic rings. The number of rotatable bonds is 5. The van der Waals surface area contributed by atoms with Crippen LogP contribution in [0.2, 0.25) is 0 Å². The van der Waals surface area contributed by atoms with E-state index in [1.807, 2.05) is 13.0 Å². The summed E-state index contributed by atoms with van der Waals surface area (Å²) in [4.78, 5) is 13.8. The third-order valence-corrected chi connectivity index (χ3v) is 3.54. The van der Waals surface area contributed by atoms with Crippen LogP contribution in [0.4, 0.5) is 0 Å². The highest BCUT2D eigenvalue weighted by Gasteiger charge is 2.16. The Morgan fingerprint density at radius 2 is 2.18 bits per heavy atom. The predicted octanol–water partition coefficient (Wildman–Crippen LogP) is 2.51. The molecule has 0 bridgehead atoms. The van der Waals surface area contributed by atoms with Crippen LogP contribution in [0.5, 0.6) is 0 Å². The Balaban J connectivity index is 2.66. The molecule has 17 heavy (non-hydrogen) atoms. The van der Waals surface area contributed by atoms with Gasteiger partial charge in [-0.2, -0.15) is 0 Å². The first kappa shape index (κ1) is 14.2. The van der Waals surface area contributed by atoms with Gasteiger partial charge in [-0.25, -0.2) is 0 Å². The van der Waals surface area contributed by atoms with Gasteiger partial charge >= 0.3 is 0 Å². The van der Waals surface area contributed by atoms with E-state index in [2.05, 4.69) is 12.2 Å². The lowest BCUT2D eigenvalue weighted by Gasteiger charge is -2.17. The maximum absolute atomic E-state index is 11.8. The first-order chi connectivity index (χ1) is 7.83. The smallest absolute Gasteiger partial charge is 0.261 e. The van der Waals surface area contributed by atoms with Gasteiger partial charge in [0.15, 0.2) is 0 Å². The van der Waals surface area contributed by atoms with Crippen molar-refractivity contribution in [3.05, 3.63) is 21.4 Å². The second-order valence-electron chi connectivity index (χ2n) is 4.94. The molecule has 0 atom stereocenters. The molecule has 0 aliphatic heterocycles. The van der Waals surface area contributed by atoms with Crippen LogP contribution in [-0.2, 0) is 6.42 Å². The van der Waals surface area contributed by atoms with E-state index in [4.69, 9.17) is 0 Å². The summed E-state index contributed by atoms with van der Waals surface area (Å²) in [6.07, 6.45) is 2.10. The summed E-state index contributed by atoms with van der Waals surface area (Å²) in [5.74, 6) is -0.0948. The van der Waals surface area contributed by atoms with E-state index >= 15 is 0 Å². The summed E-state index contributed by atoms with van der Waals surface area (Å²) in [7, 11) is 0. The predicted molar refractivity (Wildman–Crippen MR) is 71.7 cm³/mol. The zero-order chi connectivity index (χ0) is 13.1. The zero-order valence-electron chi connectivity index (χ0n) is 11.0. The van der Waals surface area contributed by atoms with Crippen molar-refractivity contribution < 1.29 is 9.90 Å². The molecular weight excluding hydrogens is 234 g/mol. The van der Waals surface area contributed by atoms with Crippen molar-refractivity contribution in [2.45, 2.75) is 46.1 Å². The van der Waals surface area contributed by atoms with Gasteiger partial charge in [-0.15, -0.1) is 11.3 Å². The minimum Gasteiger partial charge on any atom is -0.389 e. The molecule has 0 spiro atoms. The molecule has 1 heterocycles. The number of carbonyl (C=O) groups excluding carboxylic acids is 1. The van der Waals surface area contributed by atoms with Crippen LogP contribution in [0.1, 0.15) is 47.3 Å². The van der Waals surface area contributed by atoms with Crippen molar-refractivity contribution in [1.82, 2.24) is 5.32 Å². The normalized spacial score (nSPS) is 11.6. The Labute approximate surface area is 107 Å². The SMILES string of the molecule is CCCc1cc(C(=O)NCC(C)(C)O)sc1C. The minimum atomic E-state index is -0.867. The molecule has 0 unspecified atom stereocenters. The van der Waals surface area contributed by atoms with Gasteiger partial charge in [0.25, 0.3) is 5.91 Å².